The van der Waals surface area contributed by atoms with E-state index < -0.39 is 5.97 Å². The largest absolute Gasteiger partial charge is 0.478 e. The fourth-order valence-corrected chi connectivity index (χ4v) is 1.80. The molecule has 1 atom stereocenters. The van der Waals surface area contributed by atoms with Gasteiger partial charge in [0.1, 0.15) is 0 Å². The van der Waals surface area contributed by atoms with E-state index in [1.807, 2.05) is 6.92 Å². The van der Waals surface area contributed by atoms with E-state index in [9.17, 15) is 9.59 Å². The van der Waals surface area contributed by atoms with E-state index in [0.29, 0.717) is 5.56 Å². The van der Waals surface area contributed by atoms with Crippen LogP contribution in [-0.2, 0) is 6.42 Å². The third kappa shape index (κ3) is 1.21. The monoisotopic (exact) mass is 190 g/mol. The molecule has 0 spiro atoms. The van der Waals surface area contributed by atoms with E-state index in [4.69, 9.17) is 5.11 Å². The Kier molecular flexibility index (Phi) is 1.88. The van der Waals surface area contributed by atoms with E-state index in [0.717, 1.165) is 12.0 Å². The van der Waals surface area contributed by atoms with Crippen molar-refractivity contribution >= 4 is 11.8 Å². The average molecular weight is 190 g/mol. The third-order valence-corrected chi connectivity index (χ3v) is 2.60. The van der Waals surface area contributed by atoms with Crippen LogP contribution in [0.4, 0.5) is 0 Å². The lowest BCUT2D eigenvalue weighted by atomic mass is 10.1. The molecule has 1 aromatic carbocycles. The Morgan fingerprint density at radius 1 is 1.50 bits per heavy atom. The van der Waals surface area contributed by atoms with Crippen LogP contribution >= 0.6 is 0 Å². The summed E-state index contributed by atoms with van der Waals surface area (Å²) in [4.78, 5) is 22.3. The first-order valence-electron chi connectivity index (χ1n) is 4.50. The van der Waals surface area contributed by atoms with Crippen molar-refractivity contribution in [2.24, 2.45) is 5.92 Å². The van der Waals surface area contributed by atoms with Gasteiger partial charge in [-0.3, -0.25) is 4.79 Å². The highest BCUT2D eigenvalue weighted by Gasteiger charge is 2.27. The Morgan fingerprint density at radius 3 is 2.86 bits per heavy atom. The topological polar surface area (TPSA) is 54.4 Å². The quantitative estimate of drug-likeness (QED) is 0.734. The predicted octanol–water partition coefficient (Wildman–Crippen LogP) is 1.76. The molecule has 2 rings (SSSR count). The van der Waals surface area contributed by atoms with Crippen molar-refractivity contribution in [3.05, 3.63) is 34.9 Å². The molecule has 0 bridgehead atoms. The molecule has 1 aliphatic carbocycles. The Balaban J connectivity index is 2.51. The zero-order chi connectivity index (χ0) is 10.3. The van der Waals surface area contributed by atoms with E-state index in [2.05, 4.69) is 0 Å². The van der Waals surface area contributed by atoms with Gasteiger partial charge in [0.15, 0.2) is 5.78 Å². The van der Waals surface area contributed by atoms with Gasteiger partial charge in [-0.05, 0) is 24.1 Å². The number of carboxylic acids is 1. The summed E-state index contributed by atoms with van der Waals surface area (Å²) in [6.45, 7) is 1.86. The normalized spacial score (nSPS) is 19.5. The number of carboxylic acid groups (broad SMARTS) is 1. The lowest BCUT2D eigenvalue weighted by Crippen LogP contribution is -2.04. The molecule has 0 fully saturated rings. The second-order valence-electron chi connectivity index (χ2n) is 3.65. The number of hydrogen-bond donors (Lipinski definition) is 1. The first-order chi connectivity index (χ1) is 6.59. The van der Waals surface area contributed by atoms with Gasteiger partial charge < -0.3 is 5.11 Å². The van der Waals surface area contributed by atoms with Crippen molar-refractivity contribution in [3.8, 4) is 0 Å². The highest BCUT2D eigenvalue weighted by Crippen LogP contribution is 2.27. The number of benzene rings is 1. The minimum atomic E-state index is -0.986. The van der Waals surface area contributed by atoms with Crippen LogP contribution in [0, 0.1) is 5.92 Å². The van der Waals surface area contributed by atoms with Gasteiger partial charge in [0.05, 0.1) is 5.56 Å². The second kappa shape index (κ2) is 2.94. The second-order valence-corrected chi connectivity index (χ2v) is 3.65. The van der Waals surface area contributed by atoms with Crippen LogP contribution in [0.5, 0.6) is 0 Å². The summed E-state index contributed by atoms with van der Waals surface area (Å²) in [6, 6.07) is 4.76. The van der Waals surface area contributed by atoms with Gasteiger partial charge in [-0.2, -0.15) is 0 Å². The van der Waals surface area contributed by atoms with E-state index in [-0.39, 0.29) is 17.3 Å². The van der Waals surface area contributed by atoms with Crippen LogP contribution in [-0.4, -0.2) is 16.9 Å². The van der Waals surface area contributed by atoms with Crippen LogP contribution in [0.1, 0.15) is 33.2 Å². The van der Waals surface area contributed by atoms with Crippen LogP contribution < -0.4 is 0 Å². The molecule has 0 saturated heterocycles. The third-order valence-electron chi connectivity index (χ3n) is 2.60. The molecule has 72 valence electrons. The van der Waals surface area contributed by atoms with Crippen molar-refractivity contribution in [1.82, 2.24) is 0 Å². The SMILES string of the molecule is C[C@H]1Cc2ccc(C(=O)O)cc2C1=O. The van der Waals surface area contributed by atoms with E-state index in [1.54, 1.807) is 12.1 Å². The van der Waals surface area contributed by atoms with Crippen molar-refractivity contribution in [2.75, 3.05) is 0 Å². The average Bonchev–Trinajstić information content (AvgIpc) is 2.43. The van der Waals surface area contributed by atoms with Gasteiger partial charge in [-0.1, -0.05) is 13.0 Å². The molecule has 0 heterocycles. The molecule has 14 heavy (non-hydrogen) atoms. The van der Waals surface area contributed by atoms with Gasteiger partial charge in [0, 0.05) is 11.5 Å². The summed E-state index contributed by atoms with van der Waals surface area (Å²) in [5.74, 6) is -0.933. The number of carbonyl (C=O) groups is 2. The van der Waals surface area contributed by atoms with Gasteiger partial charge in [-0.25, -0.2) is 4.79 Å². The summed E-state index contributed by atoms with van der Waals surface area (Å²) < 4.78 is 0. The van der Waals surface area contributed by atoms with Crippen molar-refractivity contribution in [3.63, 3.8) is 0 Å². The number of carbonyl (C=O) groups excluding carboxylic acids is 1. The molecule has 0 amide bonds. The zero-order valence-electron chi connectivity index (χ0n) is 7.78. The van der Waals surface area contributed by atoms with E-state index >= 15 is 0 Å². The number of aromatic carboxylic acids is 1. The van der Waals surface area contributed by atoms with Gasteiger partial charge >= 0.3 is 5.97 Å². The molecule has 1 aliphatic rings. The number of Topliss-reactive ketones (excluding diaryl/α,β-unsaturated/α-hetero) is 1. The molecule has 0 aromatic heterocycles. The molecule has 3 nitrogen and oxygen atoms in total. The molecule has 0 unspecified atom stereocenters. The maximum Gasteiger partial charge on any atom is 0.335 e. The smallest absolute Gasteiger partial charge is 0.335 e. The summed E-state index contributed by atoms with van der Waals surface area (Å²) in [6.07, 6.45) is 0.730. The lowest BCUT2D eigenvalue weighted by molar-refractivity contribution is 0.0697. The molecular weight excluding hydrogens is 180 g/mol. The molecule has 1 N–H and O–H groups in total. The molecule has 3 heteroatoms. The fourth-order valence-electron chi connectivity index (χ4n) is 1.80. The summed E-state index contributed by atoms with van der Waals surface area (Å²) >= 11 is 0. The highest BCUT2D eigenvalue weighted by molar-refractivity contribution is 6.03. The Bertz CT molecular complexity index is 421. The van der Waals surface area contributed by atoms with Gasteiger partial charge in [-0.15, -0.1) is 0 Å². The highest BCUT2D eigenvalue weighted by atomic mass is 16.4. The summed E-state index contributed by atoms with van der Waals surface area (Å²) in [5.41, 5.74) is 1.73. The number of ketones is 1. The first kappa shape index (κ1) is 8.94. The maximum atomic E-state index is 11.6. The fraction of sp³-hybridized carbons (Fsp3) is 0.273. The van der Waals surface area contributed by atoms with Crippen LogP contribution in [0.3, 0.4) is 0 Å². The Labute approximate surface area is 81.4 Å². The van der Waals surface area contributed by atoms with Crippen LogP contribution in [0.25, 0.3) is 0 Å². The van der Waals surface area contributed by atoms with Crippen LogP contribution in [0.2, 0.25) is 0 Å². The lowest BCUT2D eigenvalue weighted by Gasteiger charge is -1.98. The Hall–Kier alpha value is -1.64. The number of rotatable bonds is 1. The number of hydrogen-bond acceptors (Lipinski definition) is 2. The zero-order valence-corrected chi connectivity index (χ0v) is 7.78. The van der Waals surface area contributed by atoms with Crippen molar-refractivity contribution in [1.29, 1.82) is 0 Å². The van der Waals surface area contributed by atoms with E-state index in [1.165, 1.54) is 6.07 Å². The van der Waals surface area contributed by atoms with Crippen molar-refractivity contribution in [2.45, 2.75) is 13.3 Å². The minimum Gasteiger partial charge on any atom is -0.478 e. The molecule has 0 radical (unpaired) electrons. The minimum absolute atomic E-state index is 0.00551. The van der Waals surface area contributed by atoms with Gasteiger partial charge in [0.25, 0.3) is 0 Å². The molecule has 1 aromatic rings. The number of fused-ring (bicyclic) bond motifs is 1. The summed E-state index contributed by atoms with van der Waals surface area (Å²) in [7, 11) is 0. The predicted molar refractivity (Wildman–Crippen MR) is 50.6 cm³/mol. The molecular formula is C11H10O3. The van der Waals surface area contributed by atoms with Gasteiger partial charge in [0.2, 0.25) is 0 Å². The van der Waals surface area contributed by atoms with Crippen molar-refractivity contribution < 1.29 is 14.7 Å². The summed E-state index contributed by atoms with van der Waals surface area (Å²) in [5, 5.41) is 8.76. The Morgan fingerprint density at radius 2 is 2.21 bits per heavy atom. The maximum absolute atomic E-state index is 11.6. The standard InChI is InChI=1S/C11H10O3/c1-6-4-7-2-3-8(11(13)14)5-9(7)10(6)12/h2-3,5-6H,4H2,1H3,(H,13,14)/t6-/m0/s1. The molecule has 0 saturated carbocycles. The molecule has 0 aliphatic heterocycles. The first-order valence-corrected chi connectivity index (χ1v) is 4.50. The van der Waals surface area contributed by atoms with Crippen LogP contribution in [0.15, 0.2) is 18.2 Å².